The molecular weight excluding hydrogens is 220 g/mol. The zero-order chi connectivity index (χ0) is 13.0. The first-order valence-electron chi connectivity index (χ1n) is 7.37. The van der Waals surface area contributed by atoms with E-state index in [1.54, 1.807) is 0 Å². The predicted octanol–water partition coefficient (Wildman–Crippen LogP) is 4.06. The summed E-state index contributed by atoms with van der Waals surface area (Å²) in [6.07, 6.45) is 6.74. The Morgan fingerprint density at radius 1 is 1.11 bits per heavy atom. The van der Waals surface area contributed by atoms with Gasteiger partial charge in [0.25, 0.3) is 0 Å². The molecule has 0 aromatic heterocycles. The van der Waals surface area contributed by atoms with Crippen LogP contribution in [0.3, 0.4) is 0 Å². The van der Waals surface area contributed by atoms with Gasteiger partial charge in [0.15, 0.2) is 0 Å². The molecule has 0 radical (unpaired) electrons. The summed E-state index contributed by atoms with van der Waals surface area (Å²) in [4.78, 5) is 2.50. The Balaban J connectivity index is 2.08. The SMILES string of the molecule is CCC1CCC(N(CC)c2ccccc2N)CC1. The third kappa shape index (κ3) is 2.80. The molecule has 100 valence electrons. The van der Waals surface area contributed by atoms with Gasteiger partial charge in [0.05, 0.1) is 11.4 Å². The third-order valence-corrected chi connectivity index (χ3v) is 4.42. The molecule has 1 fully saturated rings. The zero-order valence-corrected chi connectivity index (χ0v) is 11.7. The molecule has 18 heavy (non-hydrogen) atoms. The molecule has 0 saturated heterocycles. The van der Waals surface area contributed by atoms with Gasteiger partial charge in [-0.2, -0.15) is 0 Å². The maximum Gasteiger partial charge on any atom is 0.0602 e. The van der Waals surface area contributed by atoms with Gasteiger partial charge in [0.2, 0.25) is 0 Å². The molecule has 0 aliphatic heterocycles. The van der Waals surface area contributed by atoms with Crippen molar-refractivity contribution in [1.82, 2.24) is 0 Å². The molecule has 0 unspecified atom stereocenters. The Labute approximate surface area is 111 Å². The molecule has 0 bridgehead atoms. The number of hydrogen-bond donors (Lipinski definition) is 1. The van der Waals surface area contributed by atoms with E-state index in [2.05, 4.69) is 30.9 Å². The van der Waals surface area contributed by atoms with Gasteiger partial charge in [-0.1, -0.05) is 25.5 Å². The highest BCUT2D eigenvalue weighted by Gasteiger charge is 2.25. The lowest BCUT2D eigenvalue weighted by Gasteiger charge is -2.38. The molecule has 2 nitrogen and oxygen atoms in total. The van der Waals surface area contributed by atoms with Gasteiger partial charge in [-0.3, -0.25) is 0 Å². The summed E-state index contributed by atoms with van der Waals surface area (Å²) in [5, 5.41) is 0. The van der Waals surface area contributed by atoms with Crippen molar-refractivity contribution in [1.29, 1.82) is 0 Å². The van der Waals surface area contributed by atoms with E-state index in [-0.39, 0.29) is 0 Å². The minimum Gasteiger partial charge on any atom is -0.397 e. The second-order valence-electron chi connectivity index (χ2n) is 5.43. The molecule has 0 heterocycles. The predicted molar refractivity (Wildman–Crippen MR) is 79.9 cm³/mol. The van der Waals surface area contributed by atoms with Crippen molar-refractivity contribution in [3.8, 4) is 0 Å². The monoisotopic (exact) mass is 246 g/mol. The number of rotatable bonds is 4. The topological polar surface area (TPSA) is 29.3 Å². The van der Waals surface area contributed by atoms with Gasteiger partial charge in [-0.15, -0.1) is 0 Å². The van der Waals surface area contributed by atoms with Crippen LogP contribution in [0, 0.1) is 5.92 Å². The lowest BCUT2D eigenvalue weighted by Crippen LogP contribution is -2.38. The Bertz CT molecular complexity index is 367. The smallest absolute Gasteiger partial charge is 0.0602 e. The lowest BCUT2D eigenvalue weighted by molar-refractivity contribution is 0.309. The molecule has 1 aliphatic carbocycles. The quantitative estimate of drug-likeness (QED) is 0.812. The van der Waals surface area contributed by atoms with Gasteiger partial charge in [0, 0.05) is 12.6 Å². The largest absolute Gasteiger partial charge is 0.397 e. The molecule has 0 spiro atoms. The molecule has 1 aromatic carbocycles. The summed E-state index contributed by atoms with van der Waals surface area (Å²) < 4.78 is 0. The summed E-state index contributed by atoms with van der Waals surface area (Å²) in [7, 11) is 0. The minimum absolute atomic E-state index is 0.683. The van der Waals surface area contributed by atoms with E-state index < -0.39 is 0 Å². The molecule has 1 aliphatic rings. The second-order valence-corrected chi connectivity index (χ2v) is 5.43. The van der Waals surface area contributed by atoms with Crippen molar-refractivity contribution in [2.75, 3.05) is 17.2 Å². The molecule has 2 N–H and O–H groups in total. The van der Waals surface area contributed by atoms with Crippen LogP contribution in [0.1, 0.15) is 46.0 Å². The van der Waals surface area contributed by atoms with Crippen LogP contribution in [0.15, 0.2) is 24.3 Å². The van der Waals surface area contributed by atoms with Crippen molar-refractivity contribution >= 4 is 11.4 Å². The zero-order valence-electron chi connectivity index (χ0n) is 11.7. The van der Waals surface area contributed by atoms with Crippen LogP contribution in [0.4, 0.5) is 11.4 Å². The van der Waals surface area contributed by atoms with Crippen molar-refractivity contribution in [3.05, 3.63) is 24.3 Å². The number of anilines is 2. The fraction of sp³-hybridized carbons (Fsp3) is 0.625. The normalized spacial score (nSPS) is 23.9. The highest BCUT2D eigenvalue weighted by molar-refractivity contribution is 5.67. The molecule has 0 amide bonds. The minimum atomic E-state index is 0.683. The Kier molecular flexibility index (Phi) is 4.51. The number of hydrogen-bond acceptors (Lipinski definition) is 2. The first kappa shape index (κ1) is 13.3. The second kappa shape index (κ2) is 6.12. The van der Waals surface area contributed by atoms with Crippen LogP contribution in [0.25, 0.3) is 0 Å². The highest BCUT2D eigenvalue weighted by Crippen LogP contribution is 2.33. The first-order chi connectivity index (χ1) is 8.76. The number of nitrogens with zero attached hydrogens (tertiary/aromatic N) is 1. The van der Waals surface area contributed by atoms with Crippen molar-refractivity contribution in [2.45, 2.75) is 52.0 Å². The van der Waals surface area contributed by atoms with E-state index in [0.717, 1.165) is 18.2 Å². The van der Waals surface area contributed by atoms with E-state index in [1.165, 1.54) is 37.8 Å². The van der Waals surface area contributed by atoms with Gasteiger partial charge in [-0.05, 0) is 50.7 Å². The average molecular weight is 246 g/mol. The van der Waals surface area contributed by atoms with E-state index in [4.69, 9.17) is 5.73 Å². The summed E-state index contributed by atoms with van der Waals surface area (Å²) in [5.41, 5.74) is 8.25. The third-order valence-electron chi connectivity index (χ3n) is 4.42. The molecular formula is C16H26N2. The van der Waals surface area contributed by atoms with Crippen molar-refractivity contribution in [3.63, 3.8) is 0 Å². The Hall–Kier alpha value is -1.18. The van der Waals surface area contributed by atoms with Crippen molar-refractivity contribution in [2.24, 2.45) is 5.92 Å². The van der Waals surface area contributed by atoms with Gasteiger partial charge in [0.1, 0.15) is 0 Å². The van der Waals surface area contributed by atoms with Crippen LogP contribution < -0.4 is 10.6 Å². The van der Waals surface area contributed by atoms with Crippen LogP contribution in [-0.2, 0) is 0 Å². The van der Waals surface area contributed by atoms with E-state index in [1.807, 2.05) is 12.1 Å². The molecule has 1 aromatic rings. The summed E-state index contributed by atoms with van der Waals surface area (Å²) >= 11 is 0. The van der Waals surface area contributed by atoms with Crippen LogP contribution >= 0.6 is 0 Å². The number of nitrogen functional groups attached to an aromatic ring is 1. The maximum absolute atomic E-state index is 6.12. The average Bonchev–Trinajstić information content (AvgIpc) is 2.42. The summed E-state index contributed by atoms with van der Waals surface area (Å²) in [5.74, 6) is 0.952. The van der Waals surface area contributed by atoms with E-state index >= 15 is 0 Å². The lowest BCUT2D eigenvalue weighted by atomic mass is 9.83. The van der Waals surface area contributed by atoms with Crippen molar-refractivity contribution < 1.29 is 0 Å². The number of benzene rings is 1. The molecule has 2 heteroatoms. The maximum atomic E-state index is 6.12. The molecule has 2 rings (SSSR count). The standard InChI is InChI=1S/C16H26N2/c1-3-13-9-11-14(12-10-13)18(4-2)16-8-6-5-7-15(16)17/h5-8,13-14H,3-4,9-12,17H2,1-2H3. The van der Waals surface area contributed by atoms with E-state index in [0.29, 0.717) is 6.04 Å². The Morgan fingerprint density at radius 3 is 2.33 bits per heavy atom. The molecule has 0 atom stereocenters. The fourth-order valence-corrected chi connectivity index (χ4v) is 3.24. The van der Waals surface area contributed by atoms with Crippen LogP contribution in [-0.4, -0.2) is 12.6 Å². The highest BCUT2D eigenvalue weighted by atomic mass is 15.2. The van der Waals surface area contributed by atoms with Gasteiger partial charge >= 0.3 is 0 Å². The fourth-order valence-electron chi connectivity index (χ4n) is 3.24. The molecule has 1 saturated carbocycles. The summed E-state index contributed by atoms with van der Waals surface area (Å²) in [6, 6.07) is 8.95. The number of para-hydroxylation sites is 2. The van der Waals surface area contributed by atoms with Gasteiger partial charge < -0.3 is 10.6 Å². The first-order valence-corrected chi connectivity index (χ1v) is 7.37. The number of nitrogens with two attached hydrogens (primary N) is 1. The van der Waals surface area contributed by atoms with E-state index in [9.17, 15) is 0 Å². The summed E-state index contributed by atoms with van der Waals surface area (Å²) in [6.45, 7) is 5.60. The van der Waals surface area contributed by atoms with Crippen LogP contribution in [0.5, 0.6) is 0 Å². The Morgan fingerprint density at radius 2 is 1.78 bits per heavy atom. The van der Waals surface area contributed by atoms with Crippen LogP contribution in [0.2, 0.25) is 0 Å². The van der Waals surface area contributed by atoms with Gasteiger partial charge in [-0.25, -0.2) is 0 Å².